The number of rotatable bonds is 3. The second-order valence-corrected chi connectivity index (χ2v) is 4.11. The van der Waals surface area contributed by atoms with E-state index >= 15 is 0 Å². The van der Waals surface area contributed by atoms with E-state index in [4.69, 9.17) is 16.0 Å². The van der Waals surface area contributed by atoms with E-state index in [9.17, 15) is 4.79 Å². The monoisotopic (exact) mass is 237 g/mol. The van der Waals surface area contributed by atoms with Crippen LogP contribution < -0.4 is 11.1 Å². The second kappa shape index (κ2) is 4.73. The second-order valence-electron chi connectivity index (χ2n) is 4.11. The molecule has 5 N–H and O–H groups in total. The third-order valence-corrected chi connectivity index (χ3v) is 2.30. The number of aromatic hydroxyl groups is 1. The topological polar surface area (TPSA) is 108 Å². The van der Waals surface area contributed by atoms with Crippen molar-refractivity contribution < 1.29 is 15.1 Å². The van der Waals surface area contributed by atoms with Crippen LogP contribution in [-0.2, 0) is 0 Å². The molecule has 0 saturated carbocycles. The largest absolute Gasteiger partial charge is 0.508 e. The summed E-state index contributed by atoms with van der Waals surface area (Å²) in [6.45, 7) is 3.22. The van der Waals surface area contributed by atoms with Crippen LogP contribution in [0.1, 0.15) is 24.2 Å². The normalized spacial score (nSPS) is 12.2. The number of hydrogen-bond acceptors (Lipinski definition) is 4. The summed E-state index contributed by atoms with van der Waals surface area (Å²) in [7, 11) is 0. The molecule has 1 aromatic rings. The number of oxime groups is 1. The van der Waals surface area contributed by atoms with Crippen molar-refractivity contribution in [2.75, 3.05) is 0 Å². The molecule has 0 aliphatic heterocycles. The summed E-state index contributed by atoms with van der Waals surface area (Å²) in [4.78, 5) is 11.8. The summed E-state index contributed by atoms with van der Waals surface area (Å²) in [6.07, 6.45) is 0. The highest BCUT2D eigenvalue weighted by Gasteiger charge is 2.26. The first-order valence-corrected chi connectivity index (χ1v) is 4.96. The van der Waals surface area contributed by atoms with Crippen LogP contribution in [0.2, 0.25) is 0 Å². The van der Waals surface area contributed by atoms with Crippen LogP contribution in [-0.4, -0.2) is 27.6 Å². The van der Waals surface area contributed by atoms with E-state index in [1.807, 2.05) is 0 Å². The van der Waals surface area contributed by atoms with Crippen molar-refractivity contribution in [2.24, 2.45) is 10.9 Å². The summed E-state index contributed by atoms with van der Waals surface area (Å²) >= 11 is 0. The Kier molecular flexibility index (Phi) is 3.57. The highest BCUT2D eigenvalue weighted by atomic mass is 16.4. The van der Waals surface area contributed by atoms with E-state index in [-0.39, 0.29) is 17.5 Å². The minimum atomic E-state index is -0.955. The maximum atomic E-state index is 11.8. The lowest BCUT2D eigenvalue weighted by Gasteiger charge is -2.24. The molecule has 0 atom stereocenters. The highest BCUT2D eigenvalue weighted by molar-refractivity contribution is 5.99. The molecule has 0 spiro atoms. The molecule has 1 rings (SSSR count). The molecule has 0 bridgehead atoms. The molecule has 6 nitrogen and oxygen atoms in total. The average molecular weight is 237 g/mol. The van der Waals surface area contributed by atoms with Gasteiger partial charge in [-0.3, -0.25) is 4.79 Å². The van der Waals surface area contributed by atoms with Crippen LogP contribution in [0, 0.1) is 0 Å². The number of amidine groups is 1. The zero-order valence-electron chi connectivity index (χ0n) is 9.64. The Morgan fingerprint density at radius 2 is 1.88 bits per heavy atom. The van der Waals surface area contributed by atoms with Crippen LogP contribution in [0.3, 0.4) is 0 Å². The number of carbonyl (C=O) groups is 1. The number of nitrogens with zero attached hydrogens (tertiary/aromatic N) is 1. The van der Waals surface area contributed by atoms with Crippen LogP contribution in [0.5, 0.6) is 5.75 Å². The van der Waals surface area contributed by atoms with Gasteiger partial charge in [0.15, 0.2) is 5.84 Å². The van der Waals surface area contributed by atoms with Gasteiger partial charge in [-0.2, -0.15) is 0 Å². The molecule has 6 heteroatoms. The lowest BCUT2D eigenvalue weighted by molar-refractivity contribution is 0.0931. The van der Waals surface area contributed by atoms with Gasteiger partial charge in [-0.1, -0.05) is 5.16 Å². The van der Waals surface area contributed by atoms with Gasteiger partial charge in [0.05, 0.1) is 5.54 Å². The fraction of sp³-hybridized carbons (Fsp3) is 0.273. The first kappa shape index (κ1) is 12.8. The fourth-order valence-corrected chi connectivity index (χ4v) is 1.16. The van der Waals surface area contributed by atoms with E-state index in [2.05, 4.69) is 10.5 Å². The molecule has 0 radical (unpaired) electrons. The van der Waals surface area contributed by atoms with Gasteiger partial charge in [0, 0.05) is 5.56 Å². The van der Waals surface area contributed by atoms with E-state index in [1.54, 1.807) is 13.8 Å². The predicted molar refractivity (Wildman–Crippen MR) is 63.1 cm³/mol. The van der Waals surface area contributed by atoms with Gasteiger partial charge in [0.1, 0.15) is 5.75 Å². The van der Waals surface area contributed by atoms with Gasteiger partial charge in [-0.05, 0) is 38.1 Å². The maximum absolute atomic E-state index is 11.8. The highest BCUT2D eigenvalue weighted by Crippen LogP contribution is 2.11. The number of benzene rings is 1. The lowest BCUT2D eigenvalue weighted by atomic mass is 10.0. The number of nitrogens with two attached hydrogens (primary N) is 1. The Labute approximate surface area is 98.7 Å². The third-order valence-electron chi connectivity index (χ3n) is 2.30. The van der Waals surface area contributed by atoms with Crippen molar-refractivity contribution in [3.8, 4) is 5.75 Å². The summed E-state index contributed by atoms with van der Waals surface area (Å²) < 4.78 is 0. The zero-order chi connectivity index (χ0) is 13.1. The van der Waals surface area contributed by atoms with Crippen LogP contribution in [0.15, 0.2) is 29.4 Å². The number of carbonyl (C=O) groups excluding carboxylic acids is 1. The minimum Gasteiger partial charge on any atom is -0.508 e. The standard InChI is InChI=1S/C11H15N3O3/c1-11(2,10(12)14-17)13-9(16)7-3-5-8(15)6-4-7/h3-6,15,17H,1-2H3,(H2,12,14)(H,13,16). The molecule has 0 fully saturated rings. The van der Waals surface area contributed by atoms with Crippen LogP contribution in [0.25, 0.3) is 0 Å². The Hall–Kier alpha value is -2.24. The number of amides is 1. The molecule has 0 aliphatic carbocycles. The van der Waals surface area contributed by atoms with Crippen molar-refractivity contribution in [3.05, 3.63) is 29.8 Å². The van der Waals surface area contributed by atoms with Gasteiger partial charge in [-0.15, -0.1) is 0 Å². The van der Waals surface area contributed by atoms with Gasteiger partial charge in [0.2, 0.25) is 0 Å². The molecule has 0 saturated heterocycles. The Morgan fingerprint density at radius 3 is 2.35 bits per heavy atom. The Balaban J connectivity index is 2.83. The molecule has 17 heavy (non-hydrogen) atoms. The Morgan fingerprint density at radius 1 is 1.35 bits per heavy atom. The summed E-state index contributed by atoms with van der Waals surface area (Å²) in [6, 6.07) is 5.77. The van der Waals surface area contributed by atoms with E-state index in [1.165, 1.54) is 24.3 Å². The zero-order valence-corrected chi connectivity index (χ0v) is 9.64. The molecule has 92 valence electrons. The third kappa shape index (κ3) is 3.10. The Bertz CT molecular complexity index is 438. The number of phenolic OH excluding ortho intramolecular Hbond substituents is 1. The quantitative estimate of drug-likeness (QED) is 0.268. The predicted octanol–water partition coefficient (Wildman–Crippen LogP) is 0.647. The smallest absolute Gasteiger partial charge is 0.252 e. The van der Waals surface area contributed by atoms with E-state index in [0.29, 0.717) is 5.56 Å². The van der Waals surface area contributed by atoms with Gasteiger partial charge in [0.25, 0.3) is 5.91 Å². The summed E-state index contributed by atoms with van der Waals surface area (Å²) in [5.74, 6) is -0.386. The average Bonchev–Trinajstić information content (AvgIpc) is 2.28. The number of phenols is 1. The van der Waals surface area contributed by atoms with Gasteiger partial charge >= 0.3 is 0 Å². The van der Waals surface area contributed by atoms with Gasteiger partial charge in [-0.25, -0.2) is 0 Å². The van der Waals surface area contributed by atoms with Crippen molar-refractivity contribution in [3.63, 3.8) is 0 Å². The van der Waals surface area contributed by atoms with Crippen molar-refractivity contribution in [2.45, 2.75) is 19.4 Å². The van der Waals surface area contributed by atoms with Crippen LogP contribution in [0.4, 0.5) is 0 Å². The summed E-state index contributed by atoms with van der Waals surface area (Å²) in [5.41, 5.74) is 4.87. The minimum absolute atomic E-state index is 0.0808. The maximum Gasteiger partial charge on any atom is 0.252 e. The van der Waals surface area contributed by atoms with E-state index < -0.39 is 5.54 Å². The molecule has 0 heterocycles. The first-order valence-electron chi connectivity index (χ1n) is 4.96. The summed E-state index contributed by atoms with van der Waals surface area (Å²) in [5, 5.41) is 23.1. The molecule has 1 aromatic carbocycles. The molecular formula is C11H15N3O3. The number of hydrogen-bond donors (Lipinski definition) is 4. The van der Waals surface area contributed by atoms with Crippen molar-refractivity contribution in [1.29, 1.82) is 0 Å². The molecule has 1 amide bonds. The molecule has 0 unspecified atom stereocenters. The molecule has 0 aromatic heterocycles. The molecular weight excluding hydrogens is 222 g/mol. The first-order chi connectivity index (χ1) is 7.86. The lowest BCUT2D eigenvalue weighted by Crippen LogP contribution is -2.53. The van der Waals surface area contributed by atoms with Crippen LogP contribution >= 0.6 is 0 Å². The van der Waals surface area contributed by atoms with Crippen molar-refractivity contribution >= 4 is 11.7 Å². The number of nitrogens with one attached hydrogen (secondary N) is 1. The van der Waals surface area contributed by atoms with Crippen molar-refractivity contribution in [1.82, 2.24) is 5.32 Å². The SMILES string of the molecule is CC(C)(NC(=O)c1ccc(O)cc1)/C(N)=N/O. The van der Waals surface area contributed by atoms with Gasteiger partial charge < -0.3 is 21.4 Å². The van der Waals surface area contributed by atoms with E-state index in [0.717, 1.165) is 0 Å². The fourth-order valence-electron chi connectivity index (χ4n) is 1.16. The molecule has 0 aliphatic rings.